The van der Waals surface area contributed by atoms with Crippen LogP contribution in [0.2, 0.25) is 5.15 Å². The van der Waals surface area contributed by atoms with Crippen molar-refractivity contribution in [3.05, 3.63) is 53.0 Å². The van der Waals surface area contributed by atoms with Gasteiger partial charge in [-0.3, -0.25) is 4.79 Å². The smallest absolute Gasteiger partial charge is 0.250 e. The van der Waals surface area contributed by atoms with Crippen LogP contribution in [0.15, 0.2) is 36.4 Å². The van der Waals surface area contributed by atoms with Gasteiger partial charge in [-0.2, -0.15) is 0 Å². The van der Waals surface area contributed by atoms with E-state index < -0.39 is 5.91 Å². The van der Waals surface area contributed by atoms with Crippen LogP contribution in [0, 0.1) is 0 Å². The van der Waals surface area contributed by atoms with Gasteiger partial charge >= 0.3 is 0 Å². The number of allylic oxidation sites excluding steroid dienone is 2. The minimum absolute atomic E-state index is 0.323. The number of amides is 1. The van der Waals surface area contributed by atoms with E-state index in [4.69, 9.17) is 17.3 Å². The Morgan fingerprint density at radius 2 is 2.20 bits per heavy atom. The summed E-state index contributed by atoms with van der Waals surface area (Å²) in [4.78, 5) is 21.2. The van der Waals surface area contributed by atoms with Gasteiger partial charge in [0.25, 0.3) is 5.91 Å². The lowest BCUT2D eigenvalue weighted by molar-refractivity contribution is 0.100. The van der Waals surface area contributed by atoms with E-state index in [1.54, 1.807) is 30.0 Å². The number of carbonyl (C=O) groups excluding carboxylic acids is 1. The van der Waals surface area contributed by atoms with E-state index in [2.05, 4.69) is 9.97 Å². The van der Waals surface area contributed by atoms with E-state index in [0.29, 0.717) is 27.4 Å². The number of primary amides is 1. The molecule has 20 heavy (non-hydrogen) atoms. The third kappa shape index (κ3) is 2.30. The fourth-order valence-corrected chi connectivity index (χ4v) is 2.97. The van der Waals surface area contributed by atoms with Gasteiger partial charge in [-0.15, -0.1) is 11.8 Å². The van der Waals surface area contributed by atoms with E-state index in [-0.39, 0.29) is 0 Å². The van der Waals surface area contributed by atoms with Crippen LogP contribution in [-0.4, -0.2) is 21.6 Å². The molecule has 0 radical (unpaired) electrons. The zero-order valence-electron chi connectivity index (χ0n) is 10.3. The maximum Gasteiger partial charge on any atom is 0.250 e. The number of para-hydroxylation sites is 1. The van der Waals surface area contributed by atoms with Gasteiger partial charge in [0.1, 0.15) is 5.15 Å². The fourth-order valence-electron chi connectivity index (χ4n) is 1.96. The Balaban J connectivity index is 2.26. The highest BCUT2D eigenvalue weighted by molar-refractivity contribution is 8.08. The lowest BCUT2D eigenvalue weighted by Crippen LogP contribution is -2.12. The summed E-state index contributed by atoms with van der Waals surface area (Å²) in [5, 5.41) is 0.952. The summed E-state index contributed by atoms with van der Waals surface area (Å²) in [6, 6.07) is 5.13. The zero-order valence-corrected chi connectivity index (χ0v) is 11.9. The van der Waals surface area contributed by atoms with E-state index in [0.717, 1.165) is 10.7 Å². The average molecular weight is 304 g/mol. The molecule has 2 aromatic rings. The Hall–Kier alpha value is -1.85. The Labute approximate surface area is 124 Å². The van der Waals surface area contributed by atoms with E-state index in [1.165, 1.54) is 0 Å². The van der Waals surface area contributed by atoms with Gasteiger partial charge in [0.2, 0.25) is 0 Å². The Bertz CT molecular complexity index is 770. The Morgan fingerprint density at radius 1 is 1.35 bits per heavy atom. The molecule has 0 saturated heterocycles. The van der Waals surface area contributed by atoms with Gasteiger partial charge in [0, 0.05) is 11.1 Å². The first-order chi connectivity index (χ1) is 9.66. The zero-order chi connectivity index (χ0) is 14.1. The van der Waals surface area contributed by atoms with Crippen LogP contribution in [0.5, 0.6) is 0 Å². The molecule has 0 atom stereocenters. The fraction of sp³-hybridized carbons (Fsp3) is 0.0714. The molecule has 1 amide bonds. The predicted molar refractivity (Wildman–Crippen MR) is 82.6 cm³/mol. The van der Waals surface area contributed by atoms with Crippen LogP contribution >= 0.6 is 23.4 Å². The quantitative estimate of drug-likeness (QED) is 0.866. The third-order valence-electron chi connectivity index (χ3n) is 2.88. The first-order valence-electron chi connectivity index (χ1n) is 5.93. The molecule has 0 aliphatic carbocycles. The second kappa shape index (κ2) is 5.26. The van der Waals surface area contributed by atoms with Crippen molar-refractivity contribution in [2.24, 2.45) is 5.73 Å². The number of rotatable bonds is 2. The summed E-state index contributed by atoms with van der Waals surface area (Å²) in [5.74, 6) is 0.856. The largest absolute Gasteiger partial charge is 0.366 e. The molecule has 0 bridgehead atoms. The van der Waals surface area contributed by atoms with Crippen LogP contribution in [0.3, 0.4) is 0 Å². The van der Waals surface area contributed by atoms with Crippen LogP contribution in [0.25, 0.3) is 15.8 Å². The molecule has 0 fully saturated rings. The van der Waals surface area contributed by atoms with Gasteiger partial charge in [-0.25, -0.2) is 9.97 Å². The summed E-state index contributed by atoms with van der Waals surface area (Å²) in [7, 11) is 0. The van der Waals surface area contributed by atoms with Gasteiger partial charge in [-0.1, -0.05) is 29.8 Å². The molecule has 1 aliphatic heterocycles. The first kappa shape index (κ1) is 13.1. The highest BCUT2D eigenvalue weighted by Gasteiger charge is 2.15. The molecule has 6 heteroatoms. The van der Waals surface area contributed by atoms with Gasteiger partial charge in [0.05, 0.1) is 16.0 Å². The van der Waals surface area contributed by atoms with Crippen molar-refractivity contribution >= 4 is 45.1 Å². The van der Waals surface area contributed by atoms with Crippen molar-refractivity contribution in [1.29, 1.82) is 0 Å². The van der Waals surface area contributed by atoms with Crippen molar-refractivity contribution in [2.45, 2.75) is 0 Å². The number of fused-ring (bicyclic) bond motifs is 1. The highest BCUT2D eigenvalue weighted by Crippen LogP contribution is 2.31. The predicted octanol–water partition coefficient (Wildman–Crippen LogP) is 3.03. The van der Waals surface area contributed by atoms with E-state index >= 15 is 0 Å². The monoisotopic (exact) mass is 303 g/mol. The van der Waals surface area contributed by atoms with Gasteiger partial charge < -0.3 is 5.73 Å². The molecule has 100 valence electrons. The summed E-state index contributed by atoms with van der Waals surface area (Å²) in [6.45, 7) is 0. The molecular formula is C14H10ClN3OS. The molecule has 1 aromatic carbocycles. The topological polar surface area (TPSA) is 68.9 Å². The number of nitrogens with zero attached hydrogens (tertiary/aromatic N) is 2. The van der Waals surface area contributed by atoms with Crippen molar-refractivity contribution in [2.75, 3.05) is 5.75 Å². The number of hydrogen-bond donors (Lipinski definition) is 1. The standard InChI is InChI=1S/C14H10ClN3OS/c15-12-8-4-3-5-9(13(16)19)11(8)17-14(18-12)10-6-1-2-7-20-10/h1-6H,7H2,(H2,16,19). The Kier molecular flexibility index (Phi) is 3.46. The average Bonchev–Trinajstić information content (AvgIpc) is 2.47. The number of nitrogens with two attached hydrogens (primary N) is 1. The number of thioether (sulfide) groups is 1. The Morgan fingerprint density at radius 3 is 2.90 bits per heavy atom. The molecule has 0 spiro atoms. The lowest BCUT2D eigenvalue weighted by Gasteiger charge is -2.10. The maximum atomic E-state index is 11.5. The summed E-state index contributed by atoms with van der Waals surface area (Å²) in [6.07, 6.45) is 5.93. The van der Waals surface area contributed by atoms with Crippen molar-refractivity contribution in [3.63, 3.8) is 0 Å². The van der Waals surface area contributed by atoms with Gasteiger partial charge in [0.15, 0.2) is 5.82 Å². The second-order valence-electron chi connectivity index (χ2n) is 4.17. The van der Waals surface area contributed by atoms with Crippen LogP contribution < -0.4 is 5.73 Å². The van der Waals surface area contributed by atoms with E-state index in [9.17, 15) is 4.79 Å². The van der Waals surface area contributed by atoms with Gasteiger partial charge in [-0.05, 0) is 18.2 Å². The SMILES string of the molecule is NC(=O)c1cccc2c(Cl)nc(C3=CC=CCS3)nc12. The second-order valence-corrected chi connectivity index (χ2v) is 5.59. The van der Waals surface area contributed by atoms with E-state index in [1.807, 2.05) is 18.2 Å². The number of hydrogen-bond acceptors (Lipinski definition) is 4. The summed E-state index contributed by atoms with van der Waals surface area (Å²) in [5.41, 5.74) is 6.23. The van der Waals surface area contributed by atoms with Crippen molar-refractivity contribution < 1.29 is 4.79 Å². The third-order valence-corrected chi connectivity index (χ3v) is 4.16. The molecule has 3 rings (SSSR count). The normalized spacial score (nSPS) is 14.3. The highest BCUT2D eigenvalue weighted by atomic mass is 35.5. The summed E-state index contributed by atoms with van der Waals surface area (Å²) >= 11 is 7.82. The van der Waals surface area contributed by atoms with Crippen LogP contribution in [0.4, 0.5) is 0 Å². The van der Waals surface area contributed by atoms with Crippen molar-refractivity contribution in [3.8, 4) is 0 Å². The molecular weight excluding hydrogens is 294 g/mol. The minimum Gasteiger partial charge on any atom is -0.366 e. The maximum absolute atomic E-state index is 11.5. The molecule has 0 unspecified atom stereocenters. The molecule has 2 N–H and O–H groups in total. The van der Waals surface area contributed by atoms with Crippen LogP contribution in [0.1, 0.15) is 16.2 Å². The number of carbonyl (C=O) groups is 1. The summed E-state index contributed by atoms with van der Waals surface area (Å²) < 4.78 is 0. The first-order valence-corrected chi connectivity index (χ1v) is 7.29. The minimum atomic E-state index is -0.526. The number of aromatic nitrogens is 2. The molecule has 4 nitrogen and oxygen atoms in total. The number of benzene rings is 1. The molecule has 1 aromatic heterocycles. The molecule has 1 aliphatic rings. The lowest BCUT2D eigenvalue weighted by atomic mass is 10.1. The van der Waals surface area contributed by atoms with Crippen LogP contribution in [-0.2, 0) is 0 Å². The van der Waals surface area contributed by atoms with Crippen molar-refractivity contribution in [1.82, 2.24) is 9.97 Å². The molecule has 2 heterocycles. The number of halogens is 1. The molecule has 0 saturated carbocycles.